The Balaban J connectivity index is 1.77. The Morgan fingerprint density at radius 1 is 1.21 bits per heavy atom. The molecule has 28 heavy (non-hydrogen) atoms. The highest BCUT2D eigenvalue weighted by Crippen LogP contribution is 2.39. The molecule has 1 aromatic rings. The molecule has 3 rings (SSSR count). The second-order valence-corrected chi connectivity index (χ2v) is 9.30. The molecule has 0 unspecified atom stereocenters. The largest absolute Gasteiger partial charge is 0.327 e. The Morgan fingerprint density at radius 3 is 2.46 bits per heavy atom. The van der Waals surface area contributed by atoms with Gasteiger partial charge in [-0.1, -0.05) is 19.3 Å². The first-order valence-electron chi connectivity index (χ1n) is 8.95. The van der Waals surface area contributed by atoms with Crippen LogP contribution in [-0.2, 0) is 19.4 Å². The number of hydrogen-bond donors (Lipinski definition) is 1. The molecule has 1 saturated heterocycles. The topological polar surface area (TPSA) is 104 Å². The van der Waals surface area contributed by atoms with Gasteiger partial charge < -0.3 is 10.2 Å². The number of rotatable bonds is 4. The van der Waals surface area contributed by atoms with Crippen LogP contribution in [0, 0.1) is 5.82 Å². The van der Waals surface area contributed by atoms with Crippen LogP contribution in [0.25, 0.3) is 0 Å². The molecule has 1 spiro atoms. The van der Waals surface area contributed by atoms with Crippen LogP contribution in [0.5, 0.6) is 0 Å². The number of carbonyl (C=O) groups excluding carboxylic acids is 3. The van der Waals surface area contributed by atoms with Crippen molar-refractivity contribution < 1.29 is 27.2 Å². The van der Waals surface area contributed by atoms with Gasteiger partial charge in [0, 0.05) is 13.3 Å². The summed E-state index contributed by atoms with van der Waals surface area (Å²) in [6, 6.07) is 2.47. The molecule has 10 heteroatoms. The highest BCUT2D eigenvalue weighted by atomic mass is 32.2. The standard InChI is InChI=1S/C18H22FN3O5S/c1-21-17(25)22(16(24)18(21)8-4-3-5-9-18)11-15(23)20-14-10-12(28(2,26)27)6-7-13(14)19/h6-7,10H,3-5,8-9,11H2,1-2H3,(H,20,23). The lowest BCUT2D eigenvalue weighted by Crippen LogP contribution is -2.49. The van der Waals surface area contributed by atoms with Crippen LogP contribution in [0.3, 0.4) is 0 Å². The minimum absolute atomic E-state index is 0.154. The van der Waals surface area contributed by atoms with Gasteiger partial charge in [-0.05, 0) is 31.0 Å². The van der Waals surface area contributed by atoms with Gasteiger partial charge in [0.05, 0.1) is 10.6 Å². The van der Waals surface area contributed by atoms with Crippen LogP contribution in [0.1, 0.15) is 32.1 Å². The summed E-state index contributed by atoms with van der Waals surface area (Å²) in [6.45, 7) is -0.563. The summed E-state index contributed by atoms with van der Waals surface area (Å²) in [5.41, 5.74) is -1.23. The molecule has 0 bridgehead atoms. The molecule has 1 aliphatic heterocycles. The van der Waals surface area contributed by atoms with Crippen molar-refractivity contribution >= 4 is 33.4 Å². The van der Waals surface area contributed by atoms with E-state index in [4.69, 9.17) is 0 Å². The predicted molar refractivity (Wildman–Crippen MR) is 98.8 cm³/mol. The average Bonchev–Trinajstić information content (AvgIpc) is 2.80. The fourth-order valence-corrected chi connectivity index (χ4v) is 4.48. The molecular formula is C18H22FN3O5S. The zero-order valence-corrected chi connectivity index (χ0v) is 16.5. The Morgan fingerprint density at radius 2 is 1.86 bits per heavy atom. The lowest BCUT2D eigenvalue weighted by molar-refractivity contribution is -0.136. The van der Waals surface area contributed by atoms with E-state index < -0.39 is 45.6 Å². The van der Waals surface area contributed by atoms with E-state index in [2.05, 4.69) is 5.32 Å². The third-order valence-corrected chi connectivity index (χ3v) is 6.54. The number of urea groups is 1. The van der Waals surface area contributed by atoms with E-state index in [-0.39, 0.29) is 10.6 Å². The van der Waals surface area contributed by atoms with E-state index in [0.717, 1.165) is 48.6 Å². The zero-order valence-electron chi connectivity index (χ0n) is 15.7. The summed E-state index contributed by atoms with van der Waals surface area (Å²) >= 11 is 0. The Labute approximate surface area is 162 Å². The fourth-order valence-electron chi connectivity index (χ4n) is 3.84. The van der Waals surface area contributed by atoms with Crippen LogP contribution >= 0.6 is 0 Å². The van der Waals surface area contributed by atoms with Gasteiger partial charge in [0.1, 0.15) is 17.9 Å². The van der Waals surface area contributed by atoms with Gasteiger partial charge in [-0.2, -0.15) is 0 Å². The molecule has 2 fully saturated rings. The first kappa shape index (κ1) is 20.2. The summed E-state index contributed by atoms with van der Waals surface area (Å²) in [6.07, 6.45) is 4.72. The van der Waals surface area contributed by atoms with Gasteiger partial charge in [-0.15, -0.1) is 0 Å². The van der Waals surface area contributed by atoms with Crippen molar-refractivity contribution in [2.45, 2.75) is 42.5 Å². The molecule has 0 atom stereocenters. The number of likely N-dealkylation sites (N-methyl/N-ethyl adjacent to an activating group) is 1. The number of benzene rings is 1. The SMILES string of the molecule is CN1C(=O)N(CC(=O)Nc2cc(S(C)(=O)=O)ccc2F)C(=O)C12CCCCC2. The second kappa shape index (κ2) is 7.16. The zero-order chi connectivity index (χ0) is 20.7. The number of hydrogen-bond acceptors (Lipinski definition) is 5. The summed E-state index contributed by atoms with van der Waals surface area (Å²) < 4.78 is 37.2. The molecular weight excluding hydrogens is 389 g/mol. The Bertz CT molecular complexity index is 941. The number of amides is 4. The summed E-state index contributed by atoms with van der Waals surface area (Å²) in [4.78, 5) is 39.9. The molecule has 0 aromatic heterocycles. The highest BCUT2D eigenvalue weighted by Gasteiger charge is 2.55. The number of nitrogens with zero attached hydrogens (tertiary/aromatic N) is 2. The number of sulfone groups is 1. The molecule has 152 valence electrons. The lowest BCUT2D eigenvalue weighted by Gasteiger charge is -2.35. The van der Waals surface area contributed by atoms with Crippen molar-refractivity contribution in [3.05, 3.63) is 24.0 Å². The number of carbonyl (C=O) groups is 3. The van der Waals surface area contributed by atoms with Gasteiger partial charge >= 0.3 is 6.03 Å². The highest BCUT2D eigenvalue weighted by molar-refractivity contribution is 7.90. The summed E-state index contributed by atoms with van der Waals surface area (Å²) in [5, 5.41) is 2.25. The van der Waals surface area contributed by atoms with E-state index >= 15 is 0 Å². The number of nitrogens with one attached hydrogen (secondary N) is 1. The third-order valence-electron chi connectivity index (χ3n) is 5.43. The molecule has 0 radical (unpaired) electrons. The number of halogens is 1. The predicted octanol–water partition coefficient (Wildman–Crippen LogP) is 1.76. The van der Waals surface area contributed by atoms with Gasteiger partial charge in [-0.25, -0.2) is 17.6 Å². The van der Waals surface area contributed by atoms with Crippen LogP contribution in [-0.4, -0.2) is 61.5 Å². The smallest absolute Gasteiger partial charge is 0.322 e. The van der Waals surface area contributed by atoms with Crippen LogP contribution in [0.2, 0.25) is 0 Å². The quantitative estimate of drug-likeness (QED) is 0.601. The minimum Gasteiger partial charge on any atom is -0.322 e. The van der Waals surface area contributed by atoms with Gasteiger partial charge in [-0.3, -0.25) is 14.5 Å². The maximum absolute atomic E-state index is 14.0. The molecule has 1 heterocycles. The van der Waals surface area contributed by atoms with Gasteiger partial charge in [0.25, 0.3) is 5.91 Å². The number of anilines is 1. The van der Waals surface area contributed by atoms with Gasteiger partial charge in [0.15, 0.2) is 9.84 Å². The Hall–Kier alpha value is -2.49. The van der Waals surface area contributed by atoms with E-state index in [9.17, 15) is 27.2 Å². The maximum atomic E-state index is 14.0. The monoisotopic (exact) mass is 411 g/mol. The number of imide groups is 1. The second-order valence-electron chi connectivity index (χ2n) is 7.29. The first-order valence-corrected chi connectivity index (χ1v) is 10.8. The van der Waals surface area contributed by atoms with Crippen molar-refractivity contribution in [3.8, 4) is 0 Å². The molecule has 1 aliphatic carbocycles. The molecule has 4 amide bonds. The Kier molecular flexibility index (Phi) is 5.18. The van der Waals surface area contributed by atoms with Crippen molar-refractivity contribution in [2.75, 3.05) is 25.2 Å². The maximum Gasteiger partial charge on any atom is 0.327 e. The lowest BCUT2D eigenvalue weighted by atomic mass is 9.81. The molecule has 1 N–H and O–H groups in total. The molecule has 1 saturated carbocycles. The van der Waals surface area contributed by atoms with Gasteiger partial charge in [0.2, 0.25) is 5.91 Å². The van der Waals surface area contributed by atoms with Crippen LogP contribution in [0.15, 0.2) is 23.1 Å². The van der Waals surface area contributed by atoms with E-state index in [1.165, 1.54) is 4.90 Å². The van der Waals surface area contributed by atoms with E-state index in [1.807, 2.05) is 0 Å². The van der Waals surface area contributed by atoms with Crippen LogP contribution < -0.4 is 5.32 Å². The van der Waals surface area contributed by atoms with Crippen LogP contribution in [0.4, 0.5) is 14.9 Å². The van der Waals surface area contributed by atoms with Crippen molar-refractivity contribution in [1.82, 2.24) is 9.80 Å². The minimum atomic E-state index is -3.59. The molecule has 8 nitrogen and oxygen atoms in total. The van der Waals surface area contributed by atoms with Crippen molar-refractivity contribution in [1.29, 1.82) is 0 Å². The normalized spacial score (nSPS) is 19.4. The first-order chi connectivity index (χ1) is 13.1. The average molecular weight is 411 g/mol. The summed E-state index contributed by atoms with van der Waals surface area (Å²) in [7, 11) is -2.03. The summed E-state index contributed by atoms with van der Waals surface area (Å²) in [5.74, 6) is -2.02. The molecule has 1 aromatic carbocycles. The molecule has 2 aliphatic rings. The van der Waals surface area contributed by atoms with E-state index in [0.29, 0.717) is 12.8 Å². The third kappa shape index (κ3) is 3.48. The van der Waals surface area contributed by atoms with E-state index in [1.54, 1.807) is 7.05 Å². The van der Waals surface area contributed by atoms with Crippen molar-refractivity contribution in [2.24, 2.45) is 0 Å². The fraction of sp³-hybridized carbons (Fsp3) is 0.500. The van der Waals surface area contributed by atoms with Crippen molar-refractivity contribution in [3.63, 3.8) is 0 Å².